The first-order valence-corrected chi connectivity index (χ1v) is 9.26. The number of carbonyl (C=O) groups is 1. The van der Waals surface area contributed by atoms with E-state index >= 15 is 0 Å². The molecule has 0 saturated carbocycles. The fourth-order valence-electron chi connectivity index (χ4n) is 3.38. The van der Waals surface area contributed by atoms with Crippen LogP contribution in [0.15, 0.2) is 36.4 Å². The Labute approximate surface area is 164 Å². The first kappa shape index (κ1) is 19.9. The van der Waals surface area contributed by atoms with Gasteiger partial charge >= 0.3 is 0 Å². The van der Waals surface area contributed by atoms with Crippen LogP contribution in [-0.4, -0.2) is 39.3 Å². The maximum atomic E-state index is 14.4. The maximum Gasteiger partial charge on any atom is 0.298 e. The van der Waals surface area contributed by atoms with Crippen molar-refractivity contribution in [2.24, 2.45) is 0 Å². The van der Waals surface area contributed by atoms with Crippen LogP contribution in [0.2, 0.25) is 0 Å². The minimum Gasteiger partial charge on any atom is -0.497 e. The Balaban J connectivity index is 1.91. The smallest absolute Gasteiger partial charge is 0.298 e. The summed E-state index contributed by atoms with van der Waals surface area (Å²) in [4.78, 5) is 13.3. The Morgan fingerprint density at radius 2 is 2.11 bits per heavy atom. The lowest BCUT2D eigenvalue weighted by molar-refractivity contribution is -0.122. The molecule has 6 heteroatoms. The summed E-state index contributed by atoms with van der Waals surface area (Å²) in [7, 11) is 1.47. The molecule has 0 aliphatic carbocycles. The van der Waals surface area contributed by atoms with Gasteiger partial charge < -0.3 is 19.7 Å². The van der Waals surface area contributed by atoms with Gasteiger partial charge in [-0.3, -0.25) is 4.79 Å². The lowest BCUT2D eigenvalue weighted by atomic mass is 10.0. The molecule has 28 heavy (non-hydrogen) atoms. The number of aryl methyl sites for hydroxylation is 1. The molecule has 0 unspecified atom stereocenters. The summed E-state index contributed by atoms with van der Waals surface area (Å²) in [6, 6.07) is 11.0. The third-order valence-electron chi connectivity index (χ3n) is 4.89. The van der Waals surface area contributed by atoms with Gasteiger partial charge in [0.2, 0.25) is 0 Å². The van der Waals surface area contributed by atoms with E-state index in [-0.39, 0.29) is 11.3 Å². The number of methoxy groups -OCH3 is 1. The molecule has 1 N–H and O–H groups in total. The average Bonchev–Trinajstić information content (AvgIpc) is 2.69. The number of hydrogen-bond donors (Lipinski definition) is 1. The largest absolute Gasteiger partial charge is 0.497 e. The summed E-state index contributed by atoms with van der Waals surface area (Å²) in [6.07, 6.45) is 1.68. The fraction of sp³-hybridized carbons (Fsp3) is 0.318. The summed E-state index contributed by atoms with van der Waals surface area (Å²) in [5, 5.41) is 3.43. The Morgan fingerprint density at radius 1 is 1.29 bits per heavy atom. The summed E-state index contributed by atoms with van der Waals surface area (Å²) in [5.41, 5.74) is 3.23. The van der Waals surface area contributed by atoms with Crippen molar-refractivity contribution < 1.29 is 18.7 Å². The van der Waals surface area contributed by atoms with Gasteiger partial charge in [-0.05, 0) is 55.3 Å². The number of piperazine rings is 1. The lowest BCUT2D eigenvalue weighted by Gasteiger charge is -2.34. The van der Waals surface area contributed by atoms with Crippen molar-refractivity contribution >= 4 is 24.0 Å². The quantitative estimate of drug-likeness (QED) is 0.468. The Morgan fingerprint density at radius 3 is 2.75 bits per heavy atom. The number of carbonyl (C=O) groups excluding carboxylic acids is 1. The number of halogens is 1. The minimum atomic E-state index is -0.517. The van der Waals surface area contributed by atoms with Crippen LogP contribution >= 0.6 is 0 Å². The predicted octanol–water partition coefficient (Wildman–Crippen LogP) is 3.61. The molecule has 2 aromatic rings. The van der Waals surface area contributed by atoms with Crippen molar-refractivity contribution in [1.82, 2.24) is 5.32 Å². The van der Waals surface area contributed by atoms with Crippen molar-refractivity contribution in [1.29, 1.82) is 0 Å². The van der Waals surface area contributed by atoms with Gasteiger partial charge in [0.05, 0.1) is 12.7 Å². The molecular weight excluding hydrogens is 359 g/mol. The van der Waals surface area contributed by atoms with Crippen LogP contribution in [0.5, 0.6) is 5.75 Å². The molecule has 148 valence electrons. The van der Waals surface area contributed by atoms with Crippen LogP contribution < -0.4 is 15.0 Å². The van der Waals surface area contributed by atoms with Crippen LogP contribution in [0.3, 0.4) is 0 Å². The van der Waals surface area contributed by atoms with Crippen LogP contribution in [-0.2, 0) is 9.53 Å². The first-order chi connectivity index (χ1) is 13.5. The number of anilines is 1. The number of nitrogens with one attached hydrogen (secondary N) is 1. The second-order valence-electron chi connectivity index (χ2n) is 6.91. The number of nitrogens with zero attached hydrogens (tertiary/aromatic N) is 1. The molecule has 1 atom stereocenters. The molecule has 5 nitrogen and oxygen atoms in total. The van der Waals surface area contributed by atoms with E-state index in [0.717, 1.165) is 36.4 Å². The van der Waals surface area contributed by atoms with Gasteiger partial charge in [-0.1, -0.05) is 6.07 Å². The highest BCUT2D eigenvalue weighted by molar-refractivity contribution is 5.82. The van der Waals surface area contributed by atoms with E-state index in [1.807, 2.05) is 19.1 Å². The zero-order valence-electron chi connectivity index (χ0n) is 16.4. The maximum absolute atomic E-state index is 14.4. The van der Waals surface area contributed by atoms with Crippen molar-refractivity contribution in [2.45, 2.75) is 19.9 Å². The van der Waals surface area contributed by atoms with E-state index < -0.39 is 5.82 Å². The van der Waals surface area contributed by atoms with E-state index in [1.54, 1.807) is 12.1 Å². The third-order valence-corrected chi connectivity index (χ3v) is 4.89. The average molecular weight is 384 g/mol. The number of benzene rings is 2. The Kier molecular flexibility index (Phi) is 6.31. The molecule has 0 spiro atoms. The molecule has 1 saturated heterocycles. The zero-order valence-corrected chi connectivity index (χ0v) is 16.4. The van der Waals surface area contributed by atoms with Crippen LogP contribution in [0.25, 0.3) is 11.8 Å². The summed E-state index contributed by atoms with van der Waals surface area (Å²) < 4.78 is 24.5. The van der Waals surface area contributed by atoms with Crippen LogP contribution in [0, 0.1) is 12.7 Å². The van der Waals surface area contributed by atoms with Gasteiger partial charge in [0.25, 0.3) is 6.47 Å². The molecule has 0 bridgehead atoms. The van der Waals surface area contributed by atoms with Gasteiger partial charge in [-0.25, -0.2) is 4.39 Å². The molecule has 1 aliphatic rings. The first-order valence-electron chi connectivity index (χ1n) is 9.26. The number of ether oxygens (including phenoxy) is 2. The fourth-order valence-corrected chi connectivity index (χ4v) is 3.38. The summed E-state index contributed by atoms with van der Waals surface area (Å²) >= 11 is 0. The molecule has 1 heterocycles. The normalized spacial score (nSPS) is 17.4. The van der Waals surface area contributed by atoms with Gasteiger partial charge in [0.15, 0.2) is 0 Å². The highest BCUT2D eigenvalue weighted by Gasteiger charge is 2.17. The molecular formula is C22H25FN2O3. The van der Waals surface area contributed by atoms with Gasteiger partial charge in [0, 0.05) is 37.4 Å². The number of hydrogen-bond acceptors (Lipinski definition) is 5. The van der Waals surface area contributed by atoms with Crippen LogP contribution in [0.4, 0.5) is 10.1 Å². The lowest BCUT2D eigenvalue weighted by Crippen LogP contribution is -2.49. The van der Waals surface area contributed by atoms with Crippen molar-refractivity contribution in [3.63, 3.8) is 0 Å². The van der Waals surface area contributed by atoms with Gasteiger partial charge in [-0.15, -0.1) is 0 Å². The second-order valence-corrected chi connectivity index (χ2v) is 6.91. The van der Waals surface area contributed by atoms with Crippen molar-refractivity contribution in [3.05, 3.63) is 58.9 Å². The van der Waals surface area contributed by atoms with E-state index in [9.17, 15) is 9.18 Å². The predicted molar refractivity (Wildman–Crippen MR) is 109 cm³/mol. The molecule has 1 aliphatic heterocycles. The van der Waals surface area contributed by atoms with E-state index in [0.29, 0.717) is 18.3 Å². The van der Waals surface area contributed by atoms with Crippen molar-refractivity contribution in [3.8, 4) is 5.75 Å². The van der Waals surface area contributed by atoms with Crippen molar-refractivity contribution in [2.75, 3.05) is 31.6 Å². The standard InChI is InChI=1S/C22H25FN2O3/c1-15-10-18(25-9-8-24-16(2)13-25)5-4-17(15)11-22(28-14-26)20-7-6-19(27-3)12-21(20)23/h4-7,10-12,14,16,24H,8-9,13H2,1-3H3/b22-11-/t16-/m0/s1. The van der Waals surface area contributed by atoms with E-state index in [4.69, 9.17) is 9.47 Å². The monoisotopic (exact) mass is 384 g/mol. The second kappa shape index (κ2) is 8.89. The Hall–Kier alpha value is -2.86. The van der Waals surface area contributed by atoms with Gasteiger partial charge in [0.1, 0.15) is 17.3 Å². The third kappa shape index (κ3) is 4.51. The molecule has 0 aromatic heterocycles. The van der Waals surface area contributed by atoms with E-state index in [1.165, 1.54) is 19.2 Å². The molecule has 0 radical (unpaired) electrons. The SMILES string of the molecule is COc1ccc(/C(=C/c2ccc(N3CCN[C@@H](C)C3)cc2C)OC=O)c(F)c1. The topological polar surface area (TPSA) is 50.8 Å². The minimum absolute atomic E-state index is 0.154. The van der Waals surface area contributed by atoms with E-state index in [2.05, 4.69) is 23.2 Å². The van der Waals surface area contributed by atoms with Crippen LogP contribution in [0.1, 0.15) is 23.6 Å². The highest BCUT2D eigenvalue weighted by atomic mass is 19.1. The van der Waals surface area contributed by atoms with Gasteiger partial charge in [-0.2, -0.15) is 0 Å². The molecule has 3 rings (SSSR count). The zero-order chi connectivity index (χ0) is 20.1. The molecule has 0 amide bonds. The summed E-state index contributed by atoms with van der Waals surface area (Å²) in [5.74, 6) is 0.0378. The number of rotatable bonds is 6. The summed E-state index contributed by atoms with van der Waals surface area (Å²) in [6.45, 7) is 7.32. The highest BCUT2D eigenvalue weighted by Crippen LogP contribution is 2.28. The Bertz CT molecular complexity index is 882. The molecule has 2 aromatic carbocycles. The molecule has 1 fully saturated rings.